The highest BCUT2D eigenvalue weighted by molar-refractivity contribution is 6.06. The van der Waals surface area contributed by atoms with Gasteiger partial charge in [0.25, 0.3) is 5.56 Å². The van der Waals surface area contributed by atoms with Crippen LogP contribution in [-0.4, -0.2) is 40.7 Å². The fourth-order valence-corrected chi connectivity index (χ4v) is 4.16. The molecule has 1 atom stereocenters. The number of hydrogen-bond acceptors (Lipinski definition) is 4. The Hall–Kier alpha value is -2.83. The predicted molar refractivity (Wildman–Crippen MR) is 101 cm³/mol. The Bertz CT molecular complexity index is 1150. The molecule has 0 spiro atoms. The van der Waals surface area contributed by atoms with E-state index in [1.165, 1.54) is 0 Å². The molecule has 2 aliphatic rings. The van der Waals surface area contributed by atoms with E-state index < -0.39 is 5.92 Å². The van der Waals surface area contributed by atoms with Crippen molar-refractivity contribution in [3.8, 4) is 0 Å². The van der Waals surface area contributed by atoms with Gasteiger partial charge in [0.2, 0.25) is 5.92 Å². The number of pyridine rings is 2. The van der Waals surface area contributed by atoms with Crippen LogP contribution in [0.25, 0.3) is 21.7 Å². The molecule has 0 amide bonds. The largest absolute Gasteiger partial charge is 0.328 e. The summed E-state index contributed by atoms with van der Waals surface area (Å²) >= 11 is 0. The van der Waals surface area contributed by atoms with Gasteiger partial charge >= 0.3 is 0 Å². The van der Waals surface area contributed by atoms with Crippen LogP contribution in [0.1, 0.15) is 35.9 Å². The van der Waals surface area contributed by atoms with Crippen LogP contribution in [-0.2, 0) is 0 Å². The minimum Gasteiger partial charge on any atom is -0.328 e. The Morgan fingerprint density at radius 3 is 2.74 bits per heavy atom. The molecule has 1 aliphatic carbocycles. The van der Waals surface area contributed by atoms with Crippen LogP contribution in [0, 0.1) is 0 Å². The zero-order valence-corrected chi connectivity index (χ0v) is 14.7. The van der Waals surface area contributed by atoms with Crippen molar-refractivity contribution >= 4 is 27.9 Å². The highest BCUT2D eigenvalue weighted by Gasteiger charge is 2.47. The Labute approximate surface area is 153 Å². The highest BCUT2D eigenvalue weighted by atomic mass is 19.3. The number of nitrogens with zero attached hydrogens (tertiary/aromatic N) is 3. The van der Waals surface area contributed by atoms with Crippen molar-refractivity contribution in [1.82, 2.24) is 15.0 Å². The lowest BCUT2D eigenvalue weighted by Crippen LogP contribution is -2.34. The van der Waals surface area contributed by atoms with E-state index in [9.17, 15) is 13.6 Å². The molecule has 7 heteroatoms. The van der Waals surface area contributed by atoms with Crippen molar-refractivity contribution in [2.24, 2.45) is 5.10 Å². The molecule has 1 aliphatic heterocycles. The number of fused-ring (bicyclic) bond motifs is 3. The SMILES string of the molecule is CN1CC(c2ccc3c(C4CC(F)(F)C4)nc4cc[nH]c(=O)c4c3c2)C=N1. The van der Waals surface area contributed by atoms with Gasteiger partial charge in [0.15, 0.2) is 0 Å². The highest BCUT2D eigenvalue weighted by Crippen LogP contribution is 2.49. The summed E-state index contributed by atoms with van der Waals surface area (Å²) in [6, 6.07) is 7.63. The molecule has 0 bridgehead atoms. The molecule has 27 heavy (non-hydrogen) atoms. The van der Waals surface area contributed by atoms with Crippen LogP contribution in [0.15, 0.2) is 40.4 Å². The van der Waals surface area contributed by atoms with Crippen LogP contribution in [0.3, 0.4) is 0 Å². The van der Waals surface area contributed by atoms with Crippen LogP contribution in [0.2, 0.25) is 0 Å². The molecule has 5 nitrogen and oxygen atoms in total. The van der Waals surface area contributed by atoms with Gasteiger partial charge in [0.1, 0.15) is 0 Å². The molecular formula is C20H18F2N4O. The second kappa shape index (κ2) is 5.58. The maximum absolute atomic E-state index is 13.5. The van der Waals surface area contributed by atoms with Crippen LogP contribution in [0.4, 0.5) is 8.78 Å². The summed E-state index contributed by atoms with van der Waals surface area (Å²) < 4.78 is 26.9. The zero-order chi connectivity index (χ0) is 18.8. The van der Waals surface area contributed by atoms with Gasteiger partial charge in [-0.1, -0.05) is 12.1 Å². The van der Waals surface area contributed by atoms with E-state index in [2.05, 4.69) is 15.1 Å². The van der Waals surface area contributed by atoms with E-state index in [0.717, 1.165) is 22.9 Å². The smallest absolute Gasteiger partial charge is 0.258 e. The summed E-state index contributed by atoms with van der Waals surface area (Å²) in [4.78, 5) is 19.8. The first-order valence-electron chi connectivity index (χ1n) is 8.99. The first-order chi connectivity index (χ1) is 12.9. The van der Waals surface area contributed by atoms with E-state index in [4.69, 9.17) is 0 Å². The second-order valence-electron chi connectivity index (χ2n) is 7.54. The fraction of sp³-hybridized carbons (Fsp3) is 0.350. The summed E-state index contributed by atoms with van der Waals surface area (Å²) in [7, 11) is 1.91. The van der Waals surface area contributed by atoms with Gasteiger partial charge in [-0.15, -0.1) is 0 Å². The van der Waals surface area contributed by atoms with Gasteiger partial charge in [-0.3, -0.25) is 14.8 Å². The quantitative estimate of drug-likeness (QED) is 0.703. The van der Waals surface area contributed by atoms with E-state index in [1.54, 1.807) is 12.3 Å². The monoisotopic (exact) mass is 368 g/mol. The average Bonchev–Trinajstić information content (AvgIpc) is 3.05. The lowest BCUT2D eigenvalue weighted by atomic mass is 9.77. The third-order valence-corrected chi connectivity index (χ3v) is 5.58. The van der Waals surface area contributed by atoms with Crippen molar-refractivity contribution < 1.29 is 8.78 Å². The number of hydrogen-bond donors (Lipinski definition) is 1. The number of nitrogens with one attached hydrogen (secondary N) is 1. The molecule has 2 aromatic heterocycles. The number of aromatic amines is 1. The first kappa shape index (κ1) is 16.4. The molecule has 1 fully saturated rings. The number of hydrazone groups is 1. The maximum atomic E-state index is 13.5. The van der Waals surface area contributed by atoms with Crippen LogP contribution < -0.4 is 5.56 Å². The van der Waals surface area contributed by atoms with Crippen molar-refractivity contribution in [3.63, 3.8) is 0 Å². The number of likely N-dealkylation sites (N-methyl/N-ethyl adjacent to an activating group) is 1. The molecule has 5 rings (SSSR count). The Balaban J connectivity index is 1.74. The number of aromatic nitrogens is 2. The van der Waals surface area contributed by atoms with Crippen molar-refractivity contribution in [1.29, 1.82) is 0 Å². The van der Waals surface area contributed by atoms with E-state index in [0.29, 0.717) is 16.6 Å². The van der Waals surface area contributed by atoms with Crippen LogP contribution >= 0.6 is 0 Å². The number of rotatable bonds is 2. The normalized spacial score (nSPS) is 21.9. The molecule has 1 N–H and O–H groups in total. The lowest BCUT2D eigenvalue weighted by Gasteiger charge is -2.35. The number of H-pyrrole nitrogens is 1. The number of alkyl halides is 2. The molecule has 1 unspecified atom stereocenters. The Morgan fingerprint density at radius 1 is 1.22 bits per heavy atom. The summed E-state index contributed by atoms with van der Waals surface area (Å²) in [5.41, 5.74) is 2.05. The zero-order valence-electron chi connectivity index (χ0n) is 14.7. The molecule has 1 saturated carbocycles. The fourth-order valence-electron chi connectivity index (χ4n) is 4.16. The van der Waals surface area contributed by atoms with Gasteiger partial charge in [0.05, 0.1) is 16.6 Å². The minimum atomic E-state index is -2.62. The van der Waals surface area contributed by atoms with Gasteiger partial charge in [-0.05, 0) is 23.1 Å². The third kappa shape index (κ3) is 2.60. The average molecular weight is 368 g/mol. The predicted octanol–water partition coefficient (Wildman–Crippen LogP) is 3.60. The van der Waals surface area contributed by atoms with Crippen LogP contribution in [0.5, 0.6) is 0 Å². The van der Waals surface area contributed by atoms with Gasteiger partial charge in [-0.2, -0.15) is 5.10 Å². The number of benzene rings is 1. The Morgan fingerprint density at radius 2 is 2.04 bits per heavy atom. The van der Waals surface area contributed by atoms with Gasteiger partial charge in [0, 0.05) is 56.1 Å². The van der Waals surface area contributed by atoms with Crippen molar-refractivity contribution in [2.75, 3.05) is 13.6 Å². The molecular weight excluding hydrogens is 350 g/mol. The minimum absolute atomic E-state index is 0.141. The standard InChI is InChI=1S/C20H18F2N4O/c1-26-10-13(9-24-26)11-2-3-14-15(6-11)17-16(4-5-23-19(17)27)25-18(14)12-7-20(21,22)8-12/h2-6,9,12-13H,7-8,10H2,1H3,(H,23,27). The molecule has 138 valence electrons. The lowest BCUT2D eigenvalue weighted by molar-refractivity contribution is -0.0872. The molecule has 3 aromatic rings. The summed E-state index contributed by atoms with van der Waals surface area (Å²) in [5.74, 6) is -2.76. The Kier molecular flexibility index (Phi) is 3.38. The van der Waals surface area contributed by atoms with Gasteiger partial charge in [-0.25, -0.2) is 8.78 Å². The summed E-state index contributed by atoms with van der Waals surface area (Å²) in [6.07, 6.45) is 3.06. The van der Waals surface area contributed by atoms with Crippen molar-refractivity contribution in [3.05, 3.63) is 52.1 Å². The van der Waals surface area contributed by atoms with E-state index in [1.807, 2.05) is 36.5 Å². The van der Waals surface area contributed by atoms with E-state index >= 15 is 0 Å². The first-order valence-corrected chi connectivity index (χ1v) is 8.99. The second-order valence-corrected chi connectivity index (χ2v) is 7.54. The topological polar surface area (TPSA) is 61.4 Å². The third-order valence-electron chi connectivity index (χ3n) is 5.58. The number of halogens is 2. The molecule has 3 heterocycles. The summed E-state index contributed by atoms with van der Waals surface area (Å²) in [5, 5.41) is 8.21. The van der Waals surface area contributed by atoms with Gasteiger partial charge < -0.3 is 4.98 Å². The summed E-state index contributed by atoms with van der Waals surface area (Å²) in [6.45, 7) is 0.770. The molecule has 0 radical (unpaired) electrons. The molecule has 1 aromatic carbocycles. The van der Waals surface area contributed by atoms with Crippen molar-refractivity contribution in [2.45, 2.75) is 30.6 Å². The van der Waals surface area contributed by atoms with E-state index in [-0.39, 0.29) is 30.2 Å². The maximum Gasteiger partial charge on any atom is 0.258 e. The molecule has 0 saturated heterocycles.